The molecule has 1 heterocycles. The van der Waals surface area contributed by atoms with Crippen molar-refractivity contribution < 1.29 is 4.74 Å². The van der Waals surface area contributed by atoms with Gasteiger partial charge in [0.1, 0.15) is 5.75 Å². The Kier molecular flexibility index (Phi) is 7.21. The van der Waals surface area contributed by atoms with Gasteiger partial charge in [-0.3, -0.25) is 9.80 Å². The summed E-state index contributed by atoms with van der Waals surface area (Å²) in [4.78, 5) is 4.86. The summed E-state index contributed by atoms with van der Waals surface area (Å²) >= 11 is 0. The zero-order valence-electron chi connectivity index (χ0n) is 13.6. The molecule has 1 aromatic carbocycles. The SMILES string of the molecule is CCCCOc1cccc(CN2CCN(CCC#N)CC2)c1. The maximum absolute atomic E-state index is 8.65. The minimum atomic E-state index is 0.636. The van der Waals surface area contributed by atoms with Gasteiger partial charge in [0.2, 0.25) is 0 Å². The largest absolute Gasteiger partial charge is 0.494 e. The minimum absolute atomic E-state index is 0.636. The molecule has 0 unspecified atom stereocenters. The number of unbranched alkanes of at least 4 members (excludes halogenated alkanes) is 1. The number of nitrogens with zero attached hydrogens (tertiary/aromatic N) is 3. The van der Waals surface area contributed by atoms with Crippen LogP contribution in [0.3, 0.4) is 0 Å². The second-order valence-corrected chi connectivity index (χ2v) is 5.88. The van der Waals surface area contributed by atoms with Crippen molar-refractivity contribution in [2.75, 3.05) is 39.3 Å². The molecule has 22 heavy (non-hydrogen) atoms. The molecule has 0 aliphatic carbocycles. The number of hydrogen-bond acceptors (Lipinski definition) is 4. The number of piperazine rings is 1. The summed E-state index contributed by atoms with van der Waals surface area (Å²) in [6.07, 6.45) is 2.90. The summed E-state index contributed by atoms with van der Waals surface area (Å²) in [6.45, 7) is 9.15. The average Bonchev–Trinajstić information content (AvgIpc) is 2.55. The van der Waals surface area contributed by atoms with Crippen LogP contribution in [0.1, 0.15) is 31.7 Å². The Morgan fingerprint density at radius 1 is 1.18 bits per heavy atom. The molecule has 0 bridgehead atoms. The van der Waals surface area contributed by atoms with Crippen molar-refractivity contribution in [3.63, 3.8) is 0 Å². The maximum Gasteiger partial charge on any atom is 0.119 e. The Labute approximate surface area is 134 Å². The molecule has 1 aliphatic rings. The van der Waals surface area contributed by atoms with Gasteiger partial charge >= 0.3 is 0 Å². The van der Waals surface area contributed by atoms with Crippen molar-refractivity contribution in [1.82, 2.24) is 9.80 Å². The molecule has 1 aromatic rings. The smallest absolute Gasteiger partial charge is 0.119 e. The van der Waals surface area contributed by atoms with Crippen LogP contribution in [0.2, 0.25) is 0 Å². The van der Waals surface area contributed by atoms with Crippen molar-refractivity contribution in [1.29, 1.82) is 5.26 Å². The molecule has 0 spiro atoms. The highest BCUT2D eigenvalue weighted by molar-refractivity contribution is 5.28. The van der Waals surface area contributed by atoms with Gasteiger partial charge in [0.15, 0.2) is 0 Å². The first-order valence-corrected chi connectivity index (χ1v) is 8.35. The van der Waals surface area contributed by atoms with Crippen LogP contribution in [0.25, 0.3) is 0 Å². The van der Waals surface area contributed by atoms with Crippen molar-refractivity contribution in [2.24, 2.45) is 0 Å². The lowest BCUT2D eigenvalue weighted by molar-refractivity contribution is 0.129. The fraction of sp³-hybridized carbons (Fsp3) is 0.611. The molecule has 0 amide bonds. The minimum Gasteiger partial charge on any atom is -0.494 e. The van der Waals surface area contributed by atoms with Crippen LogP contribution < -0.4 is 4.74 Å². The van der Waals surface area contributed by atoms with Crippen LogP contribution in [-0.2, 0) is 6.54 Å². The fourth-order valence-corrected chi connectivity index (χ4v) is 2.71. The van der Waals surface area contributed by atoms with Crippen LogP contribution in [0, 0.1) is 11.3 Å². The lowest BCUT2D eigenvalue weighted by Crippen LogP contribution is -2.46. The summed E-state index contributed by atoms with van der Waals surface area (Å²) in [5.41, 5.74) is 1.32. The summed E-state index contributed by atoms with van der Waals surface area (Å²) in [5, 5.41) is 8.65. The predicted octanol–water partition coefficient (Wildman–Crippen LogP) is 2.90. The van der Waals surface area contributed by atoms with E-state index in [2.05, 4.69) is 41.0 Å². The zero-order chi connectivity index (χ0) is 15.6. The second kappa shape index (κ2) is 9.45. The van der Waals surface area contributed by atoms with Gasteiger partial charge < -0.3 is 4.74 Å². The third-order valence-electron chi connectivity index (χ3n) is 4.08. The molecule has 120 valence electrons. The first-order valence-electron chi connectivity index (χ1n) is 8.35. The Bertz CT molecular complexity index is 475. The Morgan fingerprint density at radius 3 is 2.68 bits per heavy atom. The second-order valence-electron chi connectivity index (χ2n) is 5.88. The molecule has 0 aromatic heterocycles. The molecule has 0 radical (unpaired) electrons. The lowest BCUT2D eigenvalue weighted by Gasteiger charge is -2.34. The Morgan fingerprint density at radius 2 is 1.95 bits per heavy atom. The van der Waals surface area contributed by atoms with Crippen molar-refractivity contribution in [2.45, 2.75) is 32.7 Å². The molecule has 4 heteroatoms. The third kappa shape index (κ3) is 5.67. The Balaban J connectivity index is 1.77. The number of benzene rings is 1. The van der Waals surface area contributed by atoms with E-state index in [1.165, 1.54) is 5.56 Å². The normalized spacial score (nSPS) is 16.4. The summed E-state index contributed by atoms with van der Waals surface area (Å²) in [7, 11) is 0. The van der Waals surface area contributed by atoms with E-state index in [1.54, 1.807) is 0 Å². The van der Waals surface area contributed by atoms with Crippen LogP contribution in [-0.4, -0.2) is 49.1 Å². The molecule has 1 aliphatic heterocycles. The highest BCUT2D eigenvalue weighted by Gasteiger charge is 2.16. The van der Waals surface area contributed by atoms with Crippen LogP contribution >= 0.6 is 0 Å². The van der Waals surface area contributed by atoms with E-state index in [-0.39, 0.29) is 0 Å². The van der Waals surface area contributed by atoms with Gasteiger partial charge in [-0.25, -0.2) is 0 Å². The van der Waals surface area contributed by atoms with Gasteiger partial charge in [0, 0.05) is 45.7 Å². The van der Waals surface area contributed by atoms with Crippen LogP contribution in [0.4, 0.5) is 0 Å². The van der Waals surface area contributed by atoms with Gasteiger partial charge in [-0.15, -0.1) is 0 Å². The summed E-state index contributed by atoms with van der Waals surface area (Å²) in [6, 6.07) is 10.7. The lowest BCUT2D eigenvalue weighted by atomic mass is 10.2. The topological polar surface area (TPSA) is 39.5 Å². The van der Waals surface area contributed by atoms with Crippen molar-refractivity contribution in [3.05, 3.63) is 29.8 Å². The first kappa shape index (κ1) is 16.8. The molecule has 2 rings (SSSR count). The molecule has 4 nitrogen and oxygen atoms in total. The quantitative estimate of drug-likeness (QED) is 0.692. The van der Waals surface area contributed by atoms with Gasteiger partial charge in [-0.05, 0) is 24.1 Å². The molecule has 0 N–H and O–H groups in total. The molecule has 1 fully saturated rings. The van der Waals surface area contributed by atoms with Gasteiger partial charge in [-0.2, -0.15) is 5.26 Å². The van der Waals surface area contributed by atoms with E-state index < -0.39 is 0 Å². The van der Waals surface area contributed by atoms with Crippen molar-refractivity contribution in [3.8, 4) is 11.8 Å². The molecule has 0 saturated carbocycles. The van der Waals surface area contributed by atoms with E-state index in [9.17, 15) is 0 Å². The monoisotopic (exact) mass is 301 g/mol. The fourth-order valence-electron chi connectivity index (χ4n) is 2.71. The first-order chi connectivity index (χ1) is 10.8. The van der Waals surface area contributed by atoms with E-state index in [1.807, 2.05) is 6.07 Å². The highest BCUT2D eigenvalue weighted by atomic mass is 16.5. The standard InChI is InChI=1S/C18H27N3O/c1-2-3-14-22-18-7-4-6-17(15-18)16-21-12-10-20(11-13-21)9-5-8-19/h4,6-7,15H,2-3,5,9-14,16H2,1H3. The van der Waals surface area contributed by atoms with Gasteiger partial charge in [0.05, 0.1) is 12.7 Å². The number of hydrogen-bond donors (Lipinski definition) is 0. The predicted molar refractivity (Wildman–Crippen MR) is 88.8 cm³/mol. The van der Waals surface area contributed by atoms with E-state index >= 15 is 0 Å². The van der Waals surface area contributed by atoms with E-state index in [4.69, 9.17) is 10.00 Å². The maximum atomic E-state index is 8.65. The van der Waals surface area contributed by atoms with Crippen LogP contribution in [0.15, 0.2) is 24.3 Å². The number of rotatable bonds is 8. The molecule has 1 saturated heterocycles. The third-order valence-corrected chi connectivity index (χ3v) is 4.08. The van der Waals surface area contributed by atoms with E-state index in [0.717, 1.165) is 64.5 Å². The molecular formula is C18H27N3O. The van der Waals surface area contributed by atoms with E-state index in [0.29, 0.717) is 6.42 Å². The van der Waals surface area contributed by atoms with Crippen LogP contribution in [0.5, 0.6) is 5.75 Å². The van der Waals surface area contributed by atoms with Crippen molar-refractivity contribution >= 4 is 0 Å². The number of ether oxygens (including phenoxy) is 1. The summed E-state index contributed by atoms with van der Waals surface area (Å²) in [5.74, 6) is 0.985. The zero-order valence-corrected chi connectivity index (χ0v) is 13.6. The van der Waals surface area contributed by atoms with Gasteiger partial charge in [0.25, 0.3) is 0 Å². The number of nitriles is 1. The highest BCUT2D eigenvalue weighted by Crippen LogP contribution is 2.16. The molecule has 0 atom stereocenters. The molecular weight excluding hydrogens is 274 g/mol. The Hall–Kier alpha value is -1.57. The average molecular weight is 301 g/mol. The summed E-state index contributed by atoms with van der Waals surface area (Å²) < 4.78 is 5.78. The van der Waals surface area contributed by atoms with Gasteiger partial charge in [-0.1, -0.05) is 25.5 Å².